The van der Waals surface area contributed by atoms with E-state index in [0.717, 1.165) is 5.56 Å². The second-order valence-corrected chi connectivity index (χ2v) is 5.72. The van der Waals surface area contributed by atoms with Gasteiger partial charge in [-0.1, -0.05) is 23.7 Å². The van der Waals surface area contributed by atoms with E-state index >= 15 is 0 Å². The van der Waals surface area contributed by atoms with Gasteiger partial charge in [0.2, 0.25) is 0 Å². The Labute approximate surface area is 160 Å². The van der Waals surface area contributed by atoms with Gasteiger partial charge >= 0.3 is 0 Å². The van der Waals surface area contributed by atoms with Crippen LogP contribution in [0.3, 0.4) is 0 Å². The van der Waals surface area contributed by atoms with E-state index in [1.54, 1.807) is 13.2 Å². The second kappa shape index (κ2) is 8.33. The highest BCUT2D eigenvalue weighted by Gasteiger charge is 2.10. The average Bonchev–Trinajstić information content (AvgIpc) is 2.70. The molecule has 2 N–H and O–H groups in total. The van der Waals surface area contributed by atoms with Crippen LogP contribution in [-0.4, -0.2) is 40.7 Å². The van der Waals surface area contributed by atoms with Gasteiger partial charge in [0.05, 0.1) is 32.3 Å². The van der Waals surface area contributed by atoms with Crippen LogP contribution in [0.15, 0.2) is 47.7 Å². The van der Waals surface area contributed by atoms with Crippen LogP contribution in [0.2, 0.25) is 5.02 Å². The Morgan fingerprint density at radius 1 is 1.15 bits per heavy atom. The third kappa shape index (κ3) is 4.24. The number of rotatable bonds is 6. The fourth-order valence-electron chi connectivity index (χ4n) is 2.34. The van der Waals surface area contributed by atoms with Gasteiger partial charge in [-0.25, -0.2) is 10.4 Å². The van der Waals surface area contributed by atoms with Crippen LogP contribution < -0.4 is 14.9 Å². The largest absolute Gasteiger partial charge is 0.504 e. The number of aromatic nitrogens is 3. The van der Waals surface area contributed by atoms with Crippen molar-refractivity contribution < 1.29 is 14.6 Å². The molecule has 138 valence electrons. The molecule has 0 saturated heterocycles. The topological polar surface area (TPSA) is 102 Å². The molecule has 0 fully saturated rings. The Hall–Kier alpha value is -3.39. The zero-order chi connectivity index (χ0) is 19.2. The van der Waals surface area contributed by atoms with Crippen LogP contribution in [-0.2, 0) is 0 Å². The van der Waals surface area contributed by atoms with Gasteiger partial charge in [-0.15, -0.1) is 5.10 Å². The van der Waals surface area contributed by atoms with E-state index in [1.165, 1.54) is 25.6 Å². The molecule has 3 rings (SSSR count). The summed E-state index contributed by atoms with van der Waals surface area (Å²) >= 11 is 5.99. The number of phenols is 1. The highest BCUT2D eigenvalue weighted by molar-refractivity contribution is 6.31. The molecule has 2 aromatic carbocycles. The maximum atomic E-state index is 10.1. The van der Waals surface area contributed by atoms with E-state index in [2.05, 4.69) is 25.7 Å². The standard InChI is InChI=1S/C18H16ClN5O3/c1-26-15-6-4-3-5-13(15)14-10-21-24-18(22-14)23-20-9-11-7-12(19)8-16(27-2)17(11)25/h3-10,25H,1-2H3,(H,22,23,24)/b20-9-. The maximum absolute atomic E-state index is 10.1. The molecule has 0 amide bonds. The zero-order valence-corrected chi connectivity index (χ0v) is 15.3. The minimum Gasteiger partial charge on any atom is -0.504 e. The SMILES string of the molecule is COc1ccccc1-c1cnnc(N/N=C\c2cc(Cl)cc(OC)c2O)n1. The summed E-state index contributed by atoms with van der Waals surface area (Å²) in [6, 6.07) is 10.5. The molecule has 0 atom stereocenters. The quantitative estimate of drug-likeness (QED) is 0.495. The Balaban J connectivity index is 1.82. The molecule has 27 heavy (non-hydrogen) atoms. The van der Waals surface area contributed by atoms with E-state index in [4.69, 9.17) is 21.1 Å². The predicted octanol–water partition coefficient (Wildman–Crippen LogP) is 3.36. The Morgan fingerprint density at radius 3 is 2.70 bits per heavy atom. The number of halogens is 1. The molecule has 0 spiro atoms. The summed E-state index contributed by atoms with van der Waals surface area (Å²) < 4.78 is 10.4. The van der Waals surface area contributed by atoms with Crippen molar-refractivity contribution in [3.8, 4) is 28.5 Å². The van der Waals surface area contributed by atoms with Gasteiger partial charge < -0.3 is 14.6 Å². The number of nitrogens with one attached hydrogen (secondary N) is 1. The first-order valence-electron chi connectivity index (χ1n) is 7.81. The summed E-state index contributed by atoms with van der Waals surface area (Å²) in [7, 11) is 3.02. The van der Waals surface area contributed by atoms with Gasteiger partial charge in [0.1, 0.15) is 5.75 Å². The number of hydrogen-bond donors (Lipinski definition) is 2. The van der Waals surface area contributed by atoms with E-state index in [0.29, 0.717) is 22.0 Å². The molecule has 0 aliphatic carbocycles. The van der Waals surface area contributed by atoms with Gasteiger partial charge in [-0.3, -0.25) is 0 Å². The summed E-state index contributed by atoms with van der Waals surface area (Å²) in [6.07, 6.45) is 2.91. The zero-order valence-electron chi connectivity index (χ0n) is 14.5. The number of para-hydroxylation sites is 1. The van der Waals surface area contributed by atoms with Crippen LogP contribution in [0.5, 0.6) is 17.2 Å². The molecule has 0 radical (unpaired) electrons. The maximum Gasteiger partial charge on any atom is 0.263 e. The lowest BCUT2D eigenvalue weighted by Gasteiger charge is -2.08. The van der Waals surface area contributed by atoms with Crippen molar-refractivity contribution in [1.29, 1.82) is 0 Å². The number of nitrogens with zero attached hydrogens (tertiary/aromatic N) is 4. The average molecular weight is 386 g/mol. The van der Waals surface area contributed by atoms with Gasteiger partial charge in [0, 0.05) is 22.2 Å². The van der Waals surface area contributed by atoms with E-state index < -0.39 is 0 Å². The Bertz CT molecular complexity index is 981. The number of ether oxygens (including phenoxy) is 2. The first kappa shape index (κ1) is 18.4. The fourth-order valence-corrected chi connectivity index (χ4v) is 2.56. The summed E-state index contributed by atoms with van der Waals surface area (Å²) in [6.45, 7) is 0. The van der Waals surface area contributed by atoms with Crippen molar-refractivity contribution in [2.45, 2.75) is 0 Å². The molecule has 1 aromatic heterocycles. The third-order valence-corrected chi connectivity index (χ3v) is 3.82. The molecule has 0 saturated carbocycles. The first-order valence-corrected chi connectivity index (χ1v) is 8.19. The van der Waals surface area contributed by atoms with Gasteiger partial charge in [-0.2, -0.15) is 10.2 Å². The molecular formula is C18H16ClN5O3. The van der Waals surface area contributed by atoms with Crippen molar-refractivity contribution >= 4 is 23.8 Å². The molecule has 9 heteroatoms. The number of hydrazone groups is 1. The second-order valence-electron chi connectivity index (χ2n) is 5.28. The van der Waals surface area contributed by atoms with Gasteiger partial charge in [0.25, 0.3) is 5.95 Å². The van der Waals surface area contributed by atoms with E-state index in [-0.39, 0.29) is 17.4 Å². The minimum atomic E-state index is -0.0748. The van der Waals surface area contributed by atoms with Crippen LogP contribution in [0.4, 0.5) is 5.95 Å². The summed E-state index contributed by atoms with van der Waals surface area (Å²) in [4.78, 5) is 4.36. The number of benzene rings is 2. The van der Waals surface area contributed by atoms with Crippen molar-refractivity contribution in [1.82, 2.24) is 15.2 Å². The number of phenolic OH excluding ortho intramolecular Hbond substituents is 1. The third-order valence-electron chi connectivity index (χ3n) is 3.60. The van der Waals surface area contributed by atoms with Crippen LogP contribution in [0.1, 0.15) is 5.56 Å². The normalized spacial score (nSPS) is 10.8. The van der Waals surface area contributed by atoms with Crippen molar-refractivity contribution in [2.24, 2.45) is 5.10 Å². The van der Waals surface area contributed by atoms with Crippen molar-refractivity contribution in [2.75, 3.05) is 19.6 Å². The van der Waals surface area contributed by atoms with Crippen LogP contribution in [0.25, 0.3) is 11.3 Å². The molecule has 8 nitrogen and oxygen atoms in total. The summed E-state index contributed by atoms with van der Waals surface area (Å²) in [5.74, 6) is 1.03. The Morgan fingerprint density at radius 2 is 1.93 bits per heavy atom. The van der Waals surface area contributed by atoms with Crippen molar-refractivity contribution in [3.05, 3.63) is 53.2 Å². The lowest BCUT2D eigenvalue weighted by atomic mass is 10.1. The molecule has 0 unspecified atom stereocenters. The van der Waals surface area contributed by atoms with E-state index in [9.17, 15) is 5.11 Å². The van der Waals surface area contributed by atoms with E-state index in [1.807, 2.05) is 24.3 Å². The number of aromatic hydroxyl groups is 1. The molecule has 0 aliphatic heterocycles. The molecule has 3 aromatic rings. The summed E-state index contributed by atoms with van der Waals surface area (Å²) in [5, 5.41) is 22.3. The van der Waals surface area contributed by atoms with Crippen LogP contribution >= 0.6 is 11.6 Å². The Kier molecular flexibility index (Phi) is 5.68. The minimum absolute atomic E-state index is 0.0748. The number of methoxy groups -OCH3 is 2. The fraction of sp³-hybridized carbons (Fsp3) is 0.111. The molecule has 0 bridgehead atoms. The monoisotopic (exact) mass is 385 g/mol. The lowest BCUT2D eigenvalue weighted by Crippen LogP contribution is -2.01. The van der Waals surface area contributed by atoms with Crippen LogP contribution in [0, 0.1) is 0 Å². The lowest BCUT2D eigenvalue weighted by molar-refractivity contribution is 0.373. The number of hydrogen-bond acceptors (Lipinski definition) is 8. The van der Waals surface area contributed by atoms with Gasteiger partial charge in [0.15, 0.2) is 11.5 Å². The number of anilines is 1. The summed E-state index contributed by atoms with van der Waals surface area (Å²) in [5.41, 5.74) is 4.40. The molecule has 0 aliphatic rings. The molecule has 1 heterocycles. The smallest absolute Gasteiger partial charge is 0.263 e. The van der Waals surface area contributed by atoms with Crippen molar-refractivity contribution in [3.63, 3.8) is 0 Å². The highest BCUT2D eigenvalue weighted by Crippen LogP contribution is 2.32. The first-order chi connectivity index (χ1) is 13.1. The van der Waals surface area contributed by atoms with Gasteiger partial charge in [-0.05, 0) is 18.2 Å². The molecular weight excluding hydrogens is 370 g/mol. The predicted molar refractivity (Wildman–Crippen MR) is 103 cm³/mol. The highest BCUT2D eigenvalue weighted by atomic mass is 35.5.